The summed E-state index contributed by atoms with van der Waals surface area (Å²) >= 11 is 0. The van der Waals surface area contributed by atoms with E-state index in [0.717, 1.165) is 63.3 Å². The predicted octanol–water partition coefficient (Wildman–Crippen LogP) is 2.27. The largest absolute Gasteiger partial charge is 0.504 e. The Kier molecular flexibility index (Phi) is 5.17. The summed E-state index contributed by atoms with van der Waals surface area (Å²) in [4.78, 5) is 20.4. The number of likely N-dealkylation sites (tertiary alicyclic amines) is 3. The van der Waals surface area contributed by atoms with Crippen molar-refractivity contribution in [3.8, 4) is 11.5 Å². The molecule has 3 saturated heterocycles. The van der Waals surface area contributed by atoms with Crippen LogP contribution in [0.2, 0.25) is 0 Å². The first kappa shape index (κ1) is 22.4. The molecule has 2 aliphatic carbocycles. The summed E-state index contributed by atoms with van der Waals surface area (Å²) in [7, 11) is 0. The molecule has 6 aliphatic rings. The van der Waals surface area contributed by atoms with Gasteiger partial charge in [-0.05, 0) is 82.1 Å². The first-order valence-electron chi connectivity index (χ1n) is 14.0. The second-order valence-corrected chi connectivity index (χ2v) is 12.1. The minimum Gasteiger partial charge on any atom is -0.504 e. The van der Waals surface area contributed by atoms with Crippen LogP contribution in [-0.2, 0) is 16.6 Å². The first-order chi connectivity index (χ1) is 17.0. The minimum atomic E-state index is -0.964. The Morgan fingerprint density at radius 3 is 2.63 bits per heavy atom. The Morgan fingerprint density at radius 1 is 1.06 bits per heavy atom. The van der Waals surface area contributed by atoms with Gasteiger partial charge in [-0.25, -0.2) is 0 Å². The van der Waals surface area contributed by atoms with E-state index in [0.29, 0.717) is 31.8 Å². The standard InChI is InChI=1S/C28H39N3O4/c32-21-8-7-20-15-22-28(34)10-14-31(24(33)18-29-11-3-1-2-4-12-29)17-23-27(28,25(20)26(21)35-23)9-13-30(22)16-19-5-6-19/h7-8,19,22-23,32,34H,1-6,9-18H2/t22?,23-,27?,28?/m0/s1. The number of phenolic OH excluding ortho intramolecular Hbond substituents is 1. The number of piperidine rings is 1. The normalized spacial score (nSPS) is 36.8. The van der Waals surface area contributed by atoms with Crippen LogP contribution < -0.4 is 4.74 Å². The van der Waals surface area contributed by atoms with Crippen molar-refractivity contribution < 1.29 is 19.7 Å². The smallest absolute Gasteiger partial charge is 0.236 e. The van der Waals surface area contributed by atoms with Crippen LogP contribution in [0.1, 0.15) is 62.5 Å². The number of ether oxygens (including phenoxy) is 1. The average molecular weight is 482 g/mol. The van der Waals surface area contributed by atoms with E-state index in [1.807, 2.05) is 11.0 Å². The van der Waals surface area contributed by atoms with Crippen LogP contribution in [0.4, 0.5) is 0 Å². The van der Waals surface area contributed by atoms with Crippen molar-refractivity contribution in [1.82, 2.24) is 14.7 Å². The maximum atomic E-state index is 13.6. The maximum absolute atomic E-state index is 13.6. The number of phenols is 1. The second-order valence-electron chi connectivity index (χ2n) is 12.1. The van der Waals surface area contributed by atoms with Crippen LogP contribution >= 0.6 is 0 Å². The molecule has 1 saturated carbocycles. The summed E-state index contributed by atoms with van der Waals surface area (Å²) in [5, 5.41) is 23.4. The number of carbonyl (C=O) groups is 1. The van der Waals surface area contributed by atoms with Gasteiger partial charge in [0, 0.05) is 24.7 Å². The number of hydrogen-bond donors (Lipinski definition) is 2. The minimum absolute atomic E-state index is 0.0339. The molecule has 1 aromatic rings. The first-order valence-corrected chi connectivity index (χ1v) is 14.0. The van der Waals surface area contributed by atoms with Crippen molar-refractivity contribution in [1.29, 1.82) is 0 Å². The van der Waals surface area contributed by atoms with Gasteiger partial charge in [0.25, 0.3) is 0 Å². The topological polar surface area (TPSA) is 76.5 Å². The zero-order chi connectivity index (χ0) is 23.8. The molecule has 2 bridgehead atoms. The Hall–Kier alpha value is -1.83. The molecule has 0 radical (unpaired) electrons. The highest BCUT2D eigenvalue weighted by Crippen LogP contribution is 2.63. The van der Waals surface area contributed by atoms with Gasteiger partial charge in [-0.2, -0.15) is 0 Å². The van der Waals surface area contributed by atoms with Gasteiger partial charge in [0.15, 0.2) is 11.5 Å². The van der Waals surface area contributed by atoms with Crippen LogP contribution in [0.5, 0.6) is 11.5 Å². The van der Waals surface area contributed by atoms with E-state index in [4.69, 9.17) is 4.74 Å². The Labute approximate surface area is 208 Å². The SMILES string of the molecule is O=C(CN1CCCCCC1)N1CCC2(O)C3Cc4ccc(O)c5c4C2(CCN3CC2CC2)[C@H](C1)O5. The summed E-state index contributed by atoms with van der Waals surface area (Å²) in [6.45, 7) is 5.51. The Morgan fingerprint density at radius 2 is 1.86 bits per heavy atom. The van der Waals surface area contributed by atoms with Crippen molar-refractivity contribution in [3.05, 3.63) is 23.3 Å². The fourth-order valence-corrected chi connectivity index (χ4v) is 8.22. The second kappa shape index (κ2) is 8.09. The number of rotatable bonds is 4. The van der Waals surface area contributed by atoms with Gasteiger partial charge >= 0.3 is 0 Å². The number of benzene rings is 1. The third-order valence-corrected chi connectivity index (χ3v) is 10.2. The molecule has 190 valence electrons. The summed E-state index contributed by atoms with van der Waals surface area (Å²) in [6.07, 6.45) is 9.27. The van der Waals surface area contributed by atoms with Gasteiger partial charge in [-0.15, -0.1) is 0 Å². The van der Waals surface area contributed by atoms with Gasteiger partial charge in [0.1, 0.15) is 6.10 Å². The van der Waals surface area contributed by atoms with Crippen molar-refractivity contribution in [3.63, 3.8) is 0 Å². The van der Waals surface area contributed by atoms with Crippen LogP contribution in [-0.4, -0.2) is 94.4 Å². The number of aromatic hydroxyl groups is 1. The monoisotopic (exact) mass is 481 g/mol. The molecule has 35 heavy (non-hydrogen) atoms. The number of amides is 1. The molecule has 0 aromatic heterocycles. The van der Waals surface area contributed by atoms with Crippen molar-refractivity contribution in [2.45, 2.75) is 80.9 Å². The van der Waals surface area contributed by atoms with Crippen LogP contribution in [0.15, 0.2) is 12.1 Å². The third-order valence-electron chi connectivity index (χ3n) is 10.2. The van der Waals surface area contributed by atoms with E-state index in [1.165, 1.54) is 31.2 Å². The van der Waals surface area contributed by atoms with E-state index < -0.39 is 11.0 Å². The highest BCUT2D eigenvalue weighted by molar-refractivity contribution is 5.78. The van der Waals surface area contributed by atoms with Crippen molar-refractivity contribution in [2.75, 3.05) is 45.8 Å². The van der Waals surface area contributed by atoms with Crippen molar-refractivity contribution >= 4 is 5.91 Å². The Bertz CT molecular complexity index is 1020. The molecular formula is C28H39N3O4. The average Bonchev–Trinajstić information content (AvgIpc) is 3.64. The lowest BCUT2D eigenvalue weighted by molar-refractivity contribution is -0.162. The molecule has 1 spiro atoms. The highest BCUT2D eigenvalue weighted by Gasteiger charge is 2.71. The van der Waals surface area contributed by atoms with E-state index >= 15 is 0 Å². The quantitative estimate of drug-likeness (QED) is 0.687. The maximum Gasteiger partial charge on any atom is 0.236 e. The van der Waals surface area contributed by atoms with Gasteiger partial charge < -0.3 is 19.8 Å². The lowest BCUT2D eigenvalue weighted by Gasteiger charge is -2.60. The summed E-state index contributed by atoms with van der Waals surface area (Å²) in [5.74, 6) is 1.63. The molecule has 2 N–H and O–H groups in total. The van der Waals surface area contributed by atoms with Gasteiger partial charge in [-0.1, -0.05) is 18.9 Å². The zero-order valence-corrected chi connectivity index (χ0v) is 20.8. The van der Waals surface area contributed by atoms with Crippen LogP contribution in [0.25, 0.3) is 0 Å². The molecule has 7 heteroatoms. The fraction of sp³-hybridized carbons (Fsp3) is 0.750. The van der Waals surface area contributed by atoms with E-state index in [9.17, 15) is 15.0 Å². The molecule has 4 heterocycles. The number of carbonyl (C=O) groups excluding carboxylic acids is 1. The van der Waals surface area contributed by atoms with Crippen LogP contribution in [0, 0.1) is 5.92 Å². The van der Waals surface area contributed by atoms with E-state index in [2.05, 4.69) is 9.80 Å². The summed E-state index contributed by atoms with van der Waals surface area (Å²) < 4.78 is 6.54. The molecule has 1 amide bonds. The lowest BCUT2D eigenvalue weighted by Crippen LogP contribution is -2.74. The predicted molar refractivity (Wildman–Crippen MR) is 132 cm³/mol. The molecular weight excluding hydrogens is 442 g/mol. The van der Waals surface area contributed by atoms with Gasteiger partial charge in [-0.3, -0.25) is 14.6 Å². The molecule has 4 fully saturated rings. The Balaban J connectivity index is 1.24. The zero-order valence-electron chi connectivity index (χ0n) is 20.8. The molecule has 7 rings (SSSR count). The van der Waals surface area contributed by atoms with E-state index in [1.54, 1.807) is 6.07 Å². The van der Waals surface area contributed by atoms with Gasteiger partial charge in [0.05, 0.1) is 24.1 Å². The van der Waals surface area contributed by atoms with Crippen LogP contribution in [0.3, 0.4) is 0 Å². The lowest BCUT2D eigenvalue weighted by atomic mass is 9.52. The van der Waals surface area contributed by atoms with E-state index in [-0.39, 0.29) is 23.8 Å². The molecule has 3 unspecified atom stereocenters. The number of nitrogens with zero attached hydrogens (tertiary/aromatic N) is 3. The summed E-state index contributed by atoms with van der Waals surface area (Å²) in [6, 6.07) is 3.83. The number of aliphatic hydroxyl groups is 1. The van der Waals surface area contributed by atoms with Crippen molar-refractivity contribution in [2.24, 2.45) is 5.92 Å². The van der Waals surface area contributed by atoms with Gasteiger partial charge in [0.2, 0.25) is 5.91 Å². The molecule has 7 nitrogen and oxygen atoms in total. The molecule has 4 aliphatic heterocycles. The third kappa shape index (κ3) is 3.30. The highest BCUT2D eigenvalue weighted by atomic mass is 16.5. The number of hydrogen-bond acceptors (Lipinski definition) is 6. The summed E-state index contributed by atoms with van der Waals surface area (Å²) in [5.41, 5.74) is 0.722. The molecule has 4 atom stereocenters. The molecule has 1 aromatic carbocycles. The fourth-order valence-electron chi connectivity index (χ4n) is 8.22.